The SMILES string of the molecule is Cc1nnc(Sc2ccc(C#N)cc2[N+](=O)[O-])o1. The quantitative estimate of drug-likeness (QED) is 0.617. The Hall–Kier alpha value is -2.40. The van der Waals surface area contributed by atoms with Gasteiger partial charge in [0, 0.05) is 13.0 Å². The fourth-order valence-electron chi connectivity index (χ4n) is 1.23. The minimum atomic E-state index is -0.549. The summed E-state index contributed by atoms with van der Waals surface area (Å²) in [6, 6.07) is 6.05. The maximum atomic E-state index is 10.9. The number of rotatable bonds is 3. The number of nitro benzene ring substituents is 1. The van der Waals surface area contributed by atoms with Crippen molar-refractivity contribution in [1.29, 1.82) is 5.26 Å². The van der Waals surface area contributed by atoms with Gasteiger partial charge in [0.2, 0.25) is 5.89 Å². The molecule has 0 atom stereocenters. The predicted octanol–water partition coefficient (Wildman–Crippen LogP) is 2.31. The summed E-state index contributed by atoms with van der Waals surface area (Å²) in [5.41, 5.74) is 0.0719. The van der Waals surface area contributed by atoms with Gasteiger partial charge in [0.15, 0.2) is 0 Å². The molecule has 7 nitrogen and oxygen atoms in total. The number of nitrogens with zero attached hydrogens (tertiary/aromatic N) is 4. The number of benzene rings is 1. The van der Waals surface area contributed by atoms with Crippen LogP contribution in [-0.4, -0.2) is 15.1 Å². The summed E-state index contributed by atoms with van der Waals surface area (Å²) in [6.45, 7) is 1.63. The highest BCUT2D eigenvalue weighted by atomic mass is 32.2. The molecule has 18 heavy (non-hydrogen) atoms. The van der Waals surface area contributed by atoms with Crippen LogP contribution in [0.2, 0.25) is 0 Å². The van der Waals surface area contributed by atoms with Crippen molar-refractivity contribution in [3.8, 4) is 6.07 Å². The molecule has 0 aliphatic heterocycles. The molecule has 0 unspecified atom stereocenters. The van der Waals surface area contributed by atoms with Crippen molar-refractivity contribution in [2.45, 2.75) is 17.0 Å². The Balaban J connectivity index is 2.38. The molecular weight excluding hydrogens is 256 g/mol. The van der Waals surface area contributed by atoms with Crippen molar-refractivity contribution in [2.75, 3.05) is 0 Å². The van der Waals surface area contributed by atoms with E-state index in [1.165, 1.54) is 18.2 Å². The third kappa shape index (κ3) is 2.46. The lowest BCUT2D eigenvalue weighted by Crippen LogP contribution is -1.92. The standard InChI is InChI=1S/C10H6N4O3S/c1-6-12-13-10(17-6)18-9-3-2-7(5-11)4-8(9)14(15)16/h2-4H,1H3. The van der Waals surface area contributed by atoms with Crippen LogP contribution in [0.1, 0.15) is 11.5 Å². The molecule has 1 aromatic carbocycles. The second-order valence-electron chi connectivity index (χ2n) is 3.24. The molecule has 2 rings (SSSR count). The minimum absolute atomic E-state index is 0.157. The van der Waals surface area contributed by atoms with Crippen LogP contribution >= 0.6 is 11.8 Å². The van der Waals surface area contributed by atoms with E-state index in [-0.39, 0.29) is 16.5 Å². The number of nitriles is 1. The fraction of sp³-hybridized carbons (Fsp3) is 0.100. The number of aromatic nitrogens is 2. The lowest BCUT2D eigenvalue weighted by molar-refractivity contribution is -0.387. The molecular formula is C10H6N4O3S. The van der Waals surface area contributed by atoms with E-state index in [9.17, 15) is 10.1 Å². The summed E-state index contributed by atoms with van der Waals surface area (Å²) in [5.74, 6) is 0.383. The second-order valence-corrected chi connectivity index (χ2v) is 4.23. The Kier molecular flexibility index (Phi) is 3.25. The number of aryl methyl sites for hydroxylation is 1. The topological polar surface area (TPSA) is 106 Å². The highest BCUT2D eigenvalue weighted by molar-refractivity contribution is 7.99. The molecule has 0 aliphatic carbocycles. The smallest absolute Gasteiger partial charge is 0.284 e. The van der Waals surface area contributed by atoms with Crippen LogP contribution < -0.4 is 0 Å². The van der Waals surface area contributed by atoms with Crippen molar-refractivity contribution in [3.63, 3.8) is 0 Å². The van der Waals surface area contributed by atoms with Gasteiger partial charge in [0.1, 0.15) is 0 Å². The minimum Gasteiger partial charge on any atom is -0.416 e. The average molecular weight is 262 g/mol. The summed E-state index contributed by atoms with van der Waals surface area (Å²) >= 11 is 0.991. The maximum Gasteiger partial charge on any atom is 0.284 e. The van der Waals surface area contributed by atoms with Crippen molar-refractivity contribution in [2.24, 2.45) is 0 Å². The molecule has 0 N–H and O–H groups in total. The van der Waals surface area contributed by atoms with Gasteiger partial charge in [-0.2, -0.15) is 5.26 Å². The monoisotopic (exact) mass is 262 g/mol. The van der Waals surface area contributed by atoms with E-state index >= 15 is 0 Å². The highest BCUT2D eigenvalue weighted by Gasteiger charge is 2.18. The van der Waals surface area contributed by atoms with Gasteiger partial charge >= 0.3 is 0 Å². The van der Waals surface area contributed by atoms with Crippen molar-refractivity contribution in [1.82, 2.24) is 10.2 Å². The molecule has 0 bridgehead atoms. The van der Waals surface area contributed by atoms with E-state index < -0.39 is 4.92 Å². The molecule has 1 aromatic heterocycles. The van der Waals surface area contributed by atoms with Crippen LogP contribution in [0.5, 0.6) is 0 Å². The van der Waals surface area contributed by atoms with Crippen LogP contribution in [0.15, 0.2) is 32.7 Å². The molecule has 8 heteroatoms. The largest absolute Gasteiger partial charge is 0.416 e. The van der Waals surface area contributed by atoms with Gasteiger partial charge in [-0.05, 0) is 23.9 Å². The fourth-order valence-corrected chi connectivity index (χ4v) is 2.04. The zero-order valence-corrected chi connectivity index (χ0v) is 9.97. The van der Waals surface area contributed by atoms with Gasteiger partial charge in [-0.3, -0.25) is 10.1 Å². The van der Waals surface area contributed by atoms with E-state index in [0.717, 1.165) is 11.8 Å². The van der Waals surface area contributed by atoms with Crippen LogP contribution in [-0.2, 0) is 0 Å². The summed E-state index contributed by atoms with van der Waals surface area (Å²) < 4.78 is 5.13. The van der Waals surface area contributed by atoms with E-state index in [2.05, 4.69) is 10.2 Å². The Morgan fingerprint density at radius 2 is 2.28 bits per heavy atom. The van der Waals surface area contributed by atoms with Gasteiger partial charge in [-0.1, -0.05) is 0 Å². The normalized spacial score (nSPS) is 10.0. The first-order chi connectivity index (χ1) is 8.60. The van der Waals surface area contributed by atoms with E-state index in [4.69, 9.17) is 9.68 Å². The Morgan fingerprint density at radius 3 is 2.83 bits per heavy atom. The Labute approximate surface area is 106 Å². The molecule has 0 amide bonds. The van der Waals surface area contributed by atoms with Gasteiger partial charge in [-0.15, -0.1) is 10.2 Å². The van der Waals surface area contributed by atoms with E-state index in [0.29, 0.717) is 10.8 Å². The summed E-state index contributed by atoms with van der Waals surface area (Å²) in [7, 11) is 0. The molecule has 0 radical (unpaired) electrons. The van der Waals surface area contributed by atoms with E-state index in [1.54, 1.807) is 6.92 Å². The first-order valence-electron chi connectivity index (χ1n) is 4.76. The molecule has 2 aromatic rings. The van der Waals surface area contributed by atoms with E-state index in [1.807, 2.05) is 6.07 Å². The summed E-state index contributed by atoms with van der Waals surface area (Å²) in [6.07, 6.45) is 0. The summed E-state index contributed by atoms with van der Waals surface area (Å²) in [5, 5.41) is 27.2. The van der Waals surface area contributed by atoms with Gasteiger partial charge < -0.3 is 4.42 Å². The molecule has 1 heterocycles. The molecule has 0 aliphatic rings. The molecule has 0 saturated heterocycles. The highest BCUT2D eigenvalue weighted by Crippen LogP contribution is 2.34. The molecule has 0 fully saturated rings. The third-order valence-electron chi connectivity index (χ3n) is 1.99. The van der Waals surface area contributed by atoms with Crippen LogP contribution in [0.25, 0.3) is 0 Å². The summed E-state index contributed by atoms with van der Waals surface area (Å²) in [4.78, 5) is 10.7. The van der Waals surface area contributed by atoms with Gasteiger partial charge in [0.05, 0.1) is 21.5 Å². The number of nitro groups is 1. The van der Waals surface area contributed by atoms with Gasteiger partial charge in [-0.25, -0.2) is 0 Å². The lowest BCUT2D eigenvalue weighted by atomic mass is 10.2. The van der Waals surface area contributed by atoms with Crippen LogP contribution in [0.3, 0.4) is 0 Å². The maximum absolute atomic E-state index is 10.9. The molecule has 0 spiro atoms. The first kappa shape index (κ1) is 12.1. The molecule has 90 valence electrons. The van der Waals surface area contributed by atoms with Crippen molar-refractivity contribution in [3.05, 3.63) is 39.8 Å². The number of hydrogen-bond acceptors (Lipinski definition) is 7. The average Bonchev–Trinajstić information content (AvgIpc) is 2.75. The van der Waals surface area contributed by atoms with Crippen molar-refractivity contribution < 1.29 is 9.34 Å². The zero-order valence-electron chi connectivity index (χ0n) is 9.15. The van der Waals surface area contributed by atoms with Crippen LogP contribution in [0, 0.1) is 28.4 Å². The Morgan fingerprint density at radius 1 is 1.50 bits per heavy atom. The second kappa shape index (κ2) is 4.85. The third-order valence-corrected chi connectivity index (χ3v) is 2.89. The zero-order chi connectivity index (χ0) is 13.1. The lowest BCUT2D eigenvalue weighted by Gasteiger charge is -1.99. The van der Waals surface area contributed by atoms with Crippen LogP contribution in [0.4, 0.5) is 5.69 Å². The van der Waals surface area contributed by atoms with Crippen molar-refractivity contribution >= 4 is 17.4 Å². The van der Waals surface area contributed by atoms with Gasteiger partial charge in [0.25, 0.3) is 10.9 Å². The first-order valence-corrected chi connectivity index (χ1v) is 5.58. The Bertz CT molecular complexity index is 647. The molecule has 0 saturated carbocycles. The predicted molar refractivity (Wildman–Crippen MR) is 61.0 cm³/mol. The number of hydrogen-bond donors (Lipinski definition) is 0.